The van der Waals surface area contributed by atoms with E-state index in [0.29, 0.717) is 11.2 Å². The van der Waals surface area contributed by atoms with Gasteiger partial charge in [-0.1, -0.05) is 6.07 Å². The van der Waals surface area contributed by atoms with Crippen LogP contribution in [0.4, 0.5) is 13.2 Å². The number of benzene rings is 1. The molecule has 24 heavy (non-hydrogen) atoms. The van der Waals surface area contributed by atoms with E-state index in [1.165, 1.54) is 20.0 Å². The first-order valence-electron chi connectivity index (χ1n) is 8.19. The van der Waals surface area contributed by atoms with Crippen molar-refractivity contribution in [3.8, 4) is 11.5 Å². The van der Waals surface area contributed by atoms with Crippen LogP contribution in [0.15, 0.2) is 18.2 Å². The summed E-state index contributed by atoms with van der Waals surface area (Å²) in [5, 5.41) is 3.44. The standard InChI is InChI=1S/C17H23F3N2O2/c1-23-15-8-13(2-3-14(15)24-12-17(18,19)20)9-22-7-5-16(11-22)4-6-21-10-16/h2-3,8,21H,4-7,9-12H2,1H3. The van der Waals surface area contributed by atoms with Crippen LogP contribution in [-0.2, 0) is 6.54 Å². The van der Waals surface area contributed by atoms with Crippen molar-refractivity contribution in [1.82, 2.24) is 10.2 Å². The maximum Gasteiger partial charge on any atom is 0.422 e. The number of likely N-dealkylation sites (tertiary alicyclic amines) is 1. The van der Waals surface area contributed by atoms with Gasteiger partial charge in [-0.2, -0.15) is 13.2 Å². The summed E-state index contributed by atoms with van der Waals surface area (Å²) in [5.41, 5.74) is 1.43. The largest absolute Gasteiger partial charge is 0.493 e. The highest BCUT2D eigenvalue weighted by molar-refractivity contribution is 5.43. The monoisotopic (exact) mass is 344 g/mol. The number of alkyl halides is 3. The first-order chi connectivity index (χ1) is 11.4. The number of nitrogens with one attached hydrogen (secondary N) is 1. The van der Waals surface area contributed by atoms with Crippen LogP contribution in [0.3, 0.4) is 0 Å². The smallest absolute Gasteiger partial charge is 0.422 e. The van der Waals surface area contributed by atoms with Crippen molar-refractivity contribution in [3.05, 3.63) is 23.8 Å². The third-order valence-corrected chi connectivity index (χ3v) is 4.88. The van der Waals surface area contributed by atoms with E-state index in [1.807, 2.05) is 6.07 Å². The Balaban J connectivity index is 1.62. The van der Waals surface area contributed by atoms with Gasteiger partial charge in [-0.15, -0.1) is 0 Å². The summed E-state index contributed by atoms with van der Waals surface area (Å²) in [6, 6.07) is 5.14. The third kappa shape index (κ3) is 4.13. The molecule has 1 N–H and O–H groups in total. The van der Waals surface area contributed by atoms with Crippen LogP contribution in [0.2, 0.25) is 0 Å². The highest BCUT2D eigenvalue weighted by atomic mass is 19.4. The second-order valence-corrected chi connectivity index (χ2v) is 6.78. The van der Waals surface area contributed by atoms with Crippen LogP contribution in [0.25, 0.3) is 0 Å². The number of nitrogens with zero attached hydrogens (tertiary/aromatic N) is 1. The predicted octanol–water partition coefficient (Wildman–Crippen LogP) is 2.82. The molecule has 0 aliphatic carbocycles. The Kier molecular flexibility index (Phi) is 4.92. The lowest BCUT2D eigenvalue weighted by molar-refractivity contribution is -0.153. The van der Waals surface area contributed by atoms with Crippen molar-refractivity contribution in [2.75, 3.05) is 39.9 Å². The van der Waals surface area contributed by atoms with Crippen LogP contribution in [0.5, 0.6) is 11.5 Å². The van der Waals surface area contributed by atoms with Gasteiger partial charge in [0.1, 0.15) is 0 Å². The van der Waals surface area contributed by atoms with Crippen molar-refractivity contribution < 1.29 is 22.6 Å². The minimum atomic E-state index is -4.36. The predicted molar refractivity (Wildman–Crippen MR) is 84.4 cm³/mol. The molecule has 3 rings (SSSR count). The van der Waals surface area contributed by atoms with Crippen LogP contribution in [-0.4, -0.2) is 51.0 Å². The maximum absolute atomic E-state index is 12.3. The Morgan fingerprint density at radius 3 is 2.75 bits per heavy atom. The lowest BCUT2D eigenvalue weighted by atomic mass is 9.86. The molecule has 4 nitrogen and oxygen atoms in total. The van der Waals surface area contributed by atoms with Crippen molar-refractivity contribution in [2.24, 2.45) is 5.41 Å². The van der Waals surface area contributed by atoms with E-state index in [9.17, 15) is 13.2 Å². The van der Waals surface area contributed by atoms with Gasteiger partial charge >= 0.3 is 6.18 Å². The summed E-state index contributed by atoms with van der Waals surface area (Å²) < 4.78 is 46.9. The molecule has 7 heteroatoms. The zero-order chi connectivity index (χ0) is 17.2. The van der Waals surface area contributed by atoms with E-state index >= 15 is 0 Å². The zero-order valence-electron chi connectivity index (χ0n) is 13.8. The Morgan fingerprint density at radius 1 is 1.25 bits per heavy atom. The van der Waals surface area contributed by atoms with Crippen molar-refractivity contribution in [2.45, 2.75) is 25.6 Å². The number of halogens is 3. The normalized spacial score (nSPS) is 24.7. The second-order valence-electron chi connectivity index (χ2n) is 6.78. The quantitative estimate of drug-likeness (QED) is 0.891. The van der Waals surface area contributed by atoms with Crippen molar-refractivity contribution >= 4 is 0 Å². The summed E-state index contributed by atoms with van der Waals surface area (Å²) in [6.45, 7) is 3.75. The Hall–Kier alpha value is -1.47. The van der Waals surface area contributed by atoms with Crippen LogP contribution in [0.1, 0.15) is 18.4 Å². The first-order valence-corrected chi connectivity index (χ1v) is 8.19. The molecule has 2 saturated heterocycles. The summed E-state index contributed by atoms with van der Waals surface area (Å²) in [7, 11) is 1.44. The first kappa shape index (κ1) is 17.4. The molecule has 1 spiro atoms. The summed E-state index contributed by atoms with van der Waals surface area (Å²) in [6.07, 6.45) is -1.94. The molecule has 2 fully saturated rings. The molecule has 2 heterocycles. The fourth-order valence-corrected chi connectivity index (χ4v) is 3.65. The third-order valence-electron chi connectivity index (χ3n) is 4.88. The molecule has 1 atom stereocenters. The SMILES string of the molecule is COc1cc(CN2CCC3(CCNC3)C2)ccc1OCC(F)(F)F. The fraction of sp³-hybridized carbons (Fsp3) is 0.647. The van der Waals surface area contributed by atoms with Crippen LogP contribution >= 0.6 is 0 Å². The molecular formula is C17H23F3N2O2. The topological polar surface area (TPSA) is 33.7 Å². The number of methoxy groups -OCH3 is 1. The minimum absolute atomic E-state index is 0.122. The van der Waals surface area contributed by atoms with Gasteiger partial charge in [0.05, 0.1) is 7.11 Å². The molecule has 0 saturated carbocycles. The van der Waals surface area contributed by atoms with Gasteiger partial charge in [-0.05, 0) is 49.0 Å². The highest BCUT2D eigenvalue weighted by Crippen LogP contribution is 2.37. The van der Waals surface area contributed by atoms with Gasteiger partial charge in [0.15, 0.2) is 18.1 Å². The molecule has 134 valence electrons. The van der Waals surface area contributed by atoms with Gasteiger partial charge in [-0.25, -0.2) is 0 Å². The van der Waals surface area contributed by atoms with E-state index in [1.54, 1.807) is 12.1 Å². The molecule has 0 aromatic heterocycles. The number of rotatable bonds is 5. The average Bonchev–Trinajstić information content (AvgIpc) is 3.15. The van der Waals surface area contributed by atoms with E-state index in [2.05, 4.69) is 10.2 Å². The summed E-state index contributed by atoms with van der Waals surface area (Å²) in [4.78, 5) is 2.40. The van der Waals surface area contributed by atoms with Crippen molar-refractivity contribution in [1.29, 1.82) is 0 Å². The minimum Gasteiger partial charge on any atom is -0.493 e. The molecule has 1 unspecified atom stereocenters. The molecule has 0 amide bonds. The number of hydrogen-bond donors (Lipinski definition) is 1. The lowest BCUT2D eigenvalue weighted by Crippen LogP contribution is -2.28. The van der Waals surface area contributed by atoms with E-state index in [4.69, 9.17) is 9.47 Å². The molecule has 0 radical (unpaired) electrons. The van der Waals surface area contributed by atoms with Gasteiger partial charge in [0.25, 0.3) is 0 Å². The molecular weight excluding hydrogens is 321 g/mol. The molecule has 1 aromatic rings. The van der Waals surface area contributed by atoms with Gasteiger partial charge in [0, 0.05) is 19.6 Å². The van der Waals surface area contributed by atoms with E-state index < -0.39 is 12.8 Å². The number of ether oxygens (including phenoxy) is 2. The fourth-order valence-electron chi connectivity index (χ4n) is 3.65. The summed E-state index contributed by atoms with van der Waals surface area (Å²) >= 11 is 0. The molecule has 0 bridgehead atoms. The molecule has 1 aromatic carbocycles. The van der Waals surface area contributed by atoms with Gasteiger partial charge in [-0.3, -0.25) is 4.90 Å². The van der Waals surface area contributed by atoms with Crippen LogP contribution in [0, 0.1) is 5.41 Å². The number of hydrogen-bond acceptors (Lipinski definition) is 4. The van der Waals surface area contributed by atoms with Crippen LogP contribution < -0.4 is 14.8 Å². The Labute approximate surface area is 139 Å². The average molecular weight is 344 g/mol. The van der Waals surface area contributed by atoms with Gasteiger partial charge in [0.2, 0.25) is 0 Å². The van der Waals surface area contributed by atoms with Gasteiger partial charge < -0.3 is 14.8 Å². The highest BCUT2D eigenvalue weighted by Gasteiger charge is 2.40. The lowest BCUT2D eigenvalue weighted by Gasteiger charge is -2.23. The second kappa shape index (κ2) is 6.80. The van der Waals surface area contributed by atoms with E-state index in [-0.39, 0.29) is 5.75 Å². The summed E-state index contributed by atoms with van der Waals surface area (Å²) in [5.74, 6) is 0.463. The maximum atomic E-state index is 12.3. The molecule has 2 aliphatic rings. The Morgan fingerprint density at radius 2 is 2.08 bits per heavy atom. The molecule has 2 aliphatic heterocycles. The Bertz CT molecular complexity index is 571. The zero-order valence-corrected chi connectivity index (χ0v) is 13.8. The van der Waals surface area contributed by atoms with E-state index in [0.717, 1.165) is 38.3 Å². The van der Waals surface area contributed by atoms with Crippen molar-refractivity contribution in [3.63, 3.8) is 0 Å².